The molecule has 162 valence electrons. The van der Waals surface area contributed by atoms with E-state index in [1.165, 1.54) is 23.5 Å². The van der Waals surface area contributed by atoms with Crippen molar-refractivity contribution in [3.05, 3.63) is 24.3 Å². The molecule has 3 amide bonds. The van der Waals surface area contributed by atoms with E-state index >= 15 is 0 Å². The van der Waals surface area contributed by atoms with Crippen LogP contribution in [0.5, 0.6) is 5.75 Å². The molecule has 0 radical (unpaired) electrons. The molecule has 29 heavy (non-hydrogen) atoms. The van der Waals surface area contributed by atoms with Crippen molar-refractivity contribution >= 4 is 22.0 Å². The van der Waals surface area contributed by atoms with Crippen LogP contribution in [0.15, 0.2) is 29.2 Å². The molecular weight excluding hydrogens is 396 g/mol. The van der Waals surface area contributed by atoms with Gasteiger partial charge in [-0.25, -0.2) is 13.2 Å². The number of rotatable bonds is 8. The number of carbonyl (C=O) groups excluding carboxylic acids is 2. The van der Waals surface area contributed by atoms with E-state index in [2.05, 4.69) is 24.5 Å². The van der Waals surface area contributed by atoms with Gasteiger partial charge in [0.25, 0.3) is 5.91 Å². The van der Waals surface area contributed by atoms with E-state index in [9.17, 15) is 18.0 Å². The molecule has 1 fully saturated rings. The zero-order valence-corrected chi connectivity index (χ0v) is 18.0. The van der Waals surface area contributed by atoms with Gasteiger partial charge >= 0.3 is 6.03 Å². The summed E-state index contributed by atoms with van der Waals surface area (Å²) in [5.41, 5.74) is 0. The lowest BCUT2D eigenvalue weighted by atomic mass is 10.1. The topological polar surface area (TPSA) is 109 Å². The maximum atomic E-state index is 12.8. The van der Waals surface area contributed by atoms with Crippen molar-refractivity contribution in [3.63, 3.8) is 0 Å². The van der Waals surface area contributed by atoms with Gasteiger partial charge in [-0.2, -0.15) is 4.31 Å². The van der Waals surface area contributed by atoms with Crippen molar-refractivity contribution in [3.8, 4) is 5.75 Å². The molecule has 0 atom stereocenters. The monoisotopic (exact) mass is 427 g/mol. The van der Waals surface area contributed by atoms with Crippen molar-refractivity contribution in [1.29, 1.82) is 0 Å². The normalized spacial score (nSPS) is 15.9. The van der Waals surface area contributed by atoms with Crippen molar-refractivity contribution < 1.29 is 27.6 Å². The van der Waals surface area contributed by atoms with Gasteiger partial charge in [0.05, 0.1) is 38.2 Å². The zero-order valence-electron chi connectivity index (χ0n) is 17.2. The number of hydrogen-bond donors (Lipinski definition) is 3. The fourth-order valence-corrected chi connectivity index (χ4v) is 4.47. The summed E-state index contributed by atoms with van der Waals surface area (Å²) in [6.45, 7) is 6.40. The van der Waals surface area contributed by atoms with E-state index in [-0.39, 0.29) is 17.3 Å². The highest BCUT2D eigenvalue weighted by Gasteiger charge is 2.31. The van der Waals surface area contributed by atoms with Gasteiger partial charge in [0.2, 0.25) is 10.0 Å². The number of carbonyl (C=O) groups is 2. The van der Waals surface area contributed by atoms with Gasteiger partial charge in [0.15, 0.2) is 6.54 Å². The molecule has 1 aliphatic heterocycles. The minimum absolute atomic E-state index is 0.133. The summed E-state index contributed by atoms with van der Waals surface area (Å²) in [5.74, 6) is 0.701. The average molecular weight is 428 g/mol. The van der Waals surface area contributed by atoms with Gasteiger partial charge in [-0.3, -0.25) is 10.1 Å². The molecule has 0 saturated carbocycles. The summed E-state index contributed by atoms with van der Waals surface area (Å²) < 4.78 is 32.0. The molecule has 10 heteroatoms. The lowest BCUT2D eigenvalue weighted by molar-refractivity contribution is -0.895. The second kappa shape index (κ2) is 10.6. The van der Waals surface area contributed by atoms with Crippen LogP contribution >= 0.6 is 0 Å². The first-order valence-electron chi connectivity index (χ1n) is 9.78. The highest BCUT2D eigenvalue weighted by molar-refractivity contribution is 7.89. The SMILES string of the molecule is COc1ccc(S(=O)(=O)N2CC[NH+](CC(=O)NC(=O)NCCC(C)C)CC2)cc1. The van der Waals surface area contributed by atoms with Crippen LogP contribution in [0.3, 0.4) is 0 Å². The minimum atomic E-state index is -3.58. The Morgan fingerprint density at radius 3 is 2.34 bits per heavy atom. The van der Waals surface area contributed by atoms with Crippen LogP contribution < -0.4 is 20.3 Å². The lowest BCUT2D eigenvalue weighted by Crippen LogP contribution is -3.15. The molecule has 3 N–H and O–H groups in total. The average Bonchev–Trinajstić information content (AvgIpc) is 2.68. The van der Waals surface area contributed by atoms with Gasteiger partial charge in [-0.1, -0.05) is 13.8 Å². The van der Waals surface area contributed by atoms with E-state index in [4.69, 9.17) is 4.74 Å². The first-order valence-corrected chi connectivity index (χ1v) is 11.2. The number of nitrogens with one attached hydrogen (secondary N) is 3. The first kappa shape index (κ1) is 23.1. The predicted octanol–water partition coefficient (Wildman–Crippen LogP) is -0.544. The summed E-state index contributed by atoms with van der Waals surface area (Å²) in [6, 6.07) is 5.80. The third kappa shape index (κ3) is 6.98. The Labute approximate surface area is 172 Å². The second-order valence-corrected chi connectivity index (χ2v) is 9.43. The maximum Gasteiger partial charge on any atom is 0.321 e. The fraction of sp³-hybridized carbons (Fsp3) is 0.579. The Morgan fingerprint density at radius 1 is 1.17 bits per heavy atom. The second-order valence-electron chi connectivity index (χ2n) is 7.49. The molecular formula is C19H31N4O5S+. The van der Waals surface area contributed by atoms with E-state index < -0.39 is 16.1 Å². The number of benzene rings is 1. The van der Waals surface area contributed by atoms with Crippen LogP contribution in [0.4, 0.5) is 4.79 Å². The van der Waals surface area contributed by atoms with Crippen LogP contribution in [-0.2, 0) is 14.8 Å². The van der Waals surface area contributed by atoms with Crippen LogP contribution in [0.25, 0.3) is 0 Å². The quantitative estimate of drug-likeness (QED) is 0.516. The number of sulfonamides is 1. The smallest absolute Gasteiger partial charge is 0.321 e. The summed E-state index contributed by atoms with van der Waals surface area (Å²) in [6.07, 6.45) is 0.845. The van der Waals surface area contributed by atoms with Crippen LogP contribution in [-0.4, -0.2) is 71.0 Å². The van der Waals surface area contributed by atoms with Gasteiger partial charge in [0.1, 0.15) is 5.75 Å². The molecule has 1 aliphatic rings. The van der Waals surface area contributed by atoms with Crippen molar-refractivity contribution in [2.45, 2.75) is 25.2 Å². The number of quaternary nitrogens is 1. The lowest BCUT2D eigenvalue weighted by Gasteiger charge is -2.31. The fourth-order valence-electron chi connectivity index (χ4n) is 3.03. The summed E-state index contributed by atoms with van der Waals surface area (Å²) >= 11 is 0. The van der Waals surface area contributed by atoms with Gasteiger partial charge in [-0.15, -0.1) is 0 Å². The maximum absolute atomic E-state index is 12.8. The Kier molecular flexibility index (Phi) is 8.42. The number of methoxy groups -OCH3 is 1. The molecule has 0 spiro atoms. The van der Waals surface area contributed by atoms with Gasteiger partial charge in [0, 0.05) is 6.54 Å². The van der Waals surface area contributed by atoms with Gasteiger partial charge in [-0.05, 0) is 36.6 Å². The molecule has 9 nitrogen and oxygen atoms in total. The number of hydrogen-bond acceptors (Lipinski definition) is 5. The third-order valence-corrected chi connectivity index (χ3v) is 6.71. The van der Waals surface area contributed by atoms with E-state index in [0.29, 0.717) is 44.4 Å². The number of amides is 3. The van der Waals surface area contributed by atoms with Crippen LogP contribution in [0, 0.1) is 5.92 Å². The molecule has 0 aromatic heterocycles. The number of ether oxygens (including phenoxy) is 1. The molecule has 2 rings (SSSR count). The van der Waals surface area contributed by atoms with E-state index in [1.54, 1.807) is 12.1 Å². The van der Waals surface area contributed by atoms with Crippen LogP contribution in [0.2, 0.25) is 0 Å². The molecule has 1 saturated heterocycles. The summed E-state index contributed by atoms with van der Waals surface area (Å²) in [7, 11) is -2.05. The third-order valence-electron chi connectivity index (χ3n) is 4.80. The van der Waals surface area contributed by atoms with Crippen molar-refractivity contribution in [2.75, 3.05) is 46.4 Å². The summed E-state index contributed by atoms with van der Waals surface area (Å²) in [5, 5.41) is 4.98. The van der Waals surface area contributed by atoms with Crippen LogP contribution in [0.1, 0.15) is 20.3 Å². The molecule has 0 aliphatic carbocycles. The summed E-state index contributed by atoms with van der Waals surface area (Å²) in [4.78, 5) is 24.9. The Balaban J connectivity index is 1.79. The standard InChI is InChI=1S/C19H30N4O5S/c1-15(2)8-9-20-19(25)21-18(24)14-22-10-12-23(13-11-22)29(26,27)17-6-4-16(28-3)5-7-17/h4-7,15H,8-14H2,1-3H3,(H2,20,21,24,25)/p+1. The van der Waals surface area contributed by atoms with E-state index in [1.807, 2.05) is 0 Å². The predicted molar refractivity (Wildman–Crippen MR) is 108 cm³/mol. The first-order chi connectivity index (χ1) is 13.7. The zero-order chi connectivity index (χ0) is 21.4. The highest BCUT2D eigenvalue weighted by atomic mass is 32.2. The molecule has 0 bridgehead atoms. The highest BCUT2D eigenvalue weighted by Crippen LogP contribution is 2.19. The van der Waals surface area contributed by atoms with E-state index in [0.717, 1.165) is 11.3 Å². The number of urea groups is 1. The molecule has 1 aromatic rings. The Hall–Kier alpha value is -2.17. The molecule has 1 aromatic carbocycles. The molecule has 0 unspecified atom stereocenters. The number of nitrogens with zero attached hydrogens (tertiary/aromatic N) is 1. The number of piperazine rings is 1. The molecule has 1 heterocycles. The minimum Gasteiger partial charge on any atom is -0.497 e. The van der Waals surface area contributed by atoms with Crippen molar-refractivity contribution in [1.82, 2.24) is 14.9 Å². The van der Waals surface area contributed by atoms with Gasteiger partial charge < -0.3 is 15.0 Å². The number of imide groups is 1. The van der Waals surface area contributed by atoms with Crippen molar-refractivity contribution in [2.24, 2.45) is 5.92 Å². The Bertz CT molecular complexity index is 787. The Morgan fingerprint density at radius 2 is 1.79 bits per heavy atom. The largest absolute Gasteiger partial charge is 0.497 e.